The summed E-state index contributed by atoms with van der Waals surface area (Å²) in [4.78, 5) is 12.4. The number of carbonyl (C=O) groups excluding carboxylic acids is 1. The summed E-state index contributed by atoms with van der Waals surface area (Å²) in [6.45, 7) is 4.21. The van der Waals surface area contributed by atoms with Crippen LogP contribution in [0, 0.1) is 6.92 Å². The van der Waals surface area contributed by atoms with E-state index in [2.05, 4.69) is 75.5 Å². The highest BCUT2D eigenvalue weighted by atomic mass is 32.2. The third-order valence-corrected chi connectivity index (χ3v) is 6.98. The fourth-order valence-electron chi connectivity index (χ4n) is 4.12. The van der Waals surface area contributed by atoms with E-state index in [1.165, 1.54) is 42.2 Å². The van der Waals surface area contributed by atoms with Gasteiger partial charge in [-0.25, -0.2) is 5.43 Å². The van der Waals surface area contributed by atoms with Crippen LogP contribution in [0.5, 0.6) is 0 Å². The maximum Gasteiger partial charge on any atom is 0.250 e. The van der Waals surface area contributed by atoms with E-state index in [0.717, 1.165) is 41.4 Å². The first-order valence-electron chi connectivity index (χ1n) is 11.7. The van der Waals surface area contributed by atoms with Crippen LogP contribution >= 0.6 is 11.8 Å². The number of aromatic nitrogens is 3. The Balaban J connectivity index is 1.42. The lowest BCUT2D eigenvalue weighted by Crippen LogP contribution is -2.20. The molecule has 4 rings (SSSR count). The van der Waals surface area contributed by atoms with Gasteiger partial charge in [0, 0.05) is 11.6 Å². The quantitative estimate of drug-likeness (QED) is 0.271. The van der Waals surface area contributed by atoms with Gasteiger partial charge in [0.25, 0.3) is 5.91 Å². The zero-order chi connectivity index (χ0) is 23.0. The summed E-state index contributed by atoms with van der Waals surface area (Å²) >= 11 is 1.42. The van der Waals surface area contributed by atoms with Gasteiger partial charge in [-0.3, -0.25) is 9.36 Å². The maximum atomic E-state index is 12.4. The summed E-state index contributed by atoms with van der Waals surface area (Å²) in [5.74, 6) is 0.972. The lowest BCUT2D eigenvalue weighted by Gasteiger charge is -2.25. The molecule has 1 N–H and O–H groups in total. The zero-order valence-corrected chi connectivity index (χ0v) is 20.1. The van der Waals surface area contributed by atoms with Gasteiger partial charge in [-0.1, -0.05) is 92.0 Å². The Kier molecular flexibility index (Phi) is 7.94. The van der Waals surface area contributed by atoms with E-state index in [4.69, 9.17) is 0 Å². The summed E-state index contributed by atoms with van der Waals surface area (Å²) < 4.78 is 2.25. The number of hydrogen-bond donors (Lipinski definition) is 1. The molecule has 1 aliphatic carbocycles. The maximum absolute atomic E-state index is 12.4. The Labute approximate surface area is 199 Å². The lowest BCUT2D eigenvalue weighted by atomic mass is 9.95. The van der Waals surface area contributed by atoms with Gasteiger partial charge in [0.15, 0.2) is 11.0 Å². The van der Waals surface area contributed by atoms with Gasteiger partial charge in [-0.2, -0.15) is 5.10 Å². The van der Waals surface area contributed by atoms with E-state index in [0.29, 0.717) is 6.04 Å². The second-order valence-corrected chi connectivity index (χ2v) is 9.45. The van der Waals surface area contributed by atoms with Crippen molar-refractivity contribution in [3.05, 3.63) is 65.2 Å². The van der Waals surface area contributed by atoms with E-state index >= 15 is 0 Å². The highest BCUT2D eigenvalue weighted by Gasteiger charge is 2.24. The predicted molar refractivity (Wildman–Crippen MR) is 135 cm³/mol. The van der Waals surface area contributed by atoms with Gasteiger partial charge in [0.2, 0.25) is 0 Å². The molecule has 1 saturated carbocycles. The molecule has 1 aliphatic rings. The minimum atomic E-state index is -0.156. The zero-order valence-electron chi connectivity index (χ0n) is 19.3. The van der Waals surface area contributed by atoms with Gasteiger partial charge < -0.3 is 0 Å². The molecule has 3 aromatic rings. The SMILES string of the molecule is CCc1ccc(/C=N/NC(=O)CSc2nnc(-c3ccc(C)cc3)n2C2CCCCC2)cc1. The Morgan fingerprint density at radius 1 is 1.09 bits per heavy atom. The summed E-state index contributed by atoms with van der Waals surface area (Å²) in [5, 5.41) is 13.9. The van der Waals surface area contributed by atoms with Gasteiger partial charge in [0.1, 0.15) is 0 Å². The molecule has 0 spiro atoms. The van der Waals surface area contributed by atoms with Crippen molar-refractivity contribution in [2.45, 2.75) is 63.6 Å². The summed E-state index contributed by atoms with van der Waals surface area (Å²) in [5.41, 5.74) is 7.14. The molecule has 0 atom stereocenters. The second kappa shape index (κ2) is 11.3. The largest absolute Gasteiger partial charge is 0.299 e. The molecular weight excluding hydrogens is 430 g/mol. The Morgan fingerprint density at radius 3 is 2.52 bits per heavy atom. The van der Waals surface area contributed by atoms with Crippen molar-refractivity contribution in [2.24, 2.45) is 5.10 Å². The van der Waals surface area contributed by atoms with E-state index < -0.39 is 0 Å². The van der Waals surface area contributed by atoms with Crippen molar-refractivity contribution >= 4 is 23.9 Å². The third-order valence-electron chi connectivity index (χ3n) is 6.04. The first kappa shape index (κ1) is 23.2. The van der Waals surface area contributed by atoms with Crippen molar-refractivity contribution in [3.63, 3.8) is 0 Å². The molecule has 1 amide bonds. The monoisotopic (exact) mass is 461 g/mol. The molecular formula is C26H31N5OS. The highest BCUT2D eigenvalue weighted by molar-refractivity contribution is 7.99. The number of benzene rings is 2. The molecule has 7 heteroatoms. The predicted octanol–water partition coefficient (Wildman–Crippen LogP) is 5.56. The second-order valence-electron chi connectivity index (χ2n) is 8.51. The Morgan fingerprint density at radius 2 is 1.82 bits per heavy atom. The average molecular weight is 462 g/mol. The Bertz CT molecular complexity index is 1080. The van der Waals surface area contributed by atoms with Crippen molar-refractivity contribution in [1.82, 2.24) is 20.2 Å². The molecule has 1 aromatic heterocycles. The number of nitrogens with one attached hydrogen (secondary N) is 1. The summed E-state index contributed by atoms with van der Waals surface area (Å²) in [6.07, 6.45) is 8.63. The van der Waals surface area contributed by atoms with Crippen LogP contribution in [0.4, 0.5) is 0 Å². The number of amides is 1. The summed E-state index contributed by atoms with van der Waals surface area (Å²) in [6, 6.07) is 16.9. The van der Waals surface area contributed by atoms with Gasteiger partial charge in [-0.05, 0) is 37.3 Å². The fourth-order valence-corrected chi connectivity index (χ4v) is 4.92. The molecule has 1 heterocycles. The van der Waals surface area contributed by atoms with Crippen LogP contribution in [-0.4, -0.2) is 32.6 Å². The van der Waals surface area contributed by atoms with Crippen molar-refractivity contribution in [3.8, 4) is 11.4 Å². The number of nitrogens with zero attached hydrogens (tertiary/aromatic N) is 4. The van der Waals surface area contributed by atoms with Crippen LogP contribution in [0.3, 0.4) is 0 Å². The van der Waals surface area contributed by atoms with Crippen molar-refractivity contribution in [2.75, 3.05) is 5.75 Å². The first-order valence-corrected chi connectivity index (χ1v) is 12.7. The molecule has 1 fully saturated rings. The topological polar surface area (TPSA) is 72.2 Å². The van der Waals surface area contributed by atoms with Gasteiger partial charge in [-0.15, -0.1) is 10.2 Å². The van der Waals surface area contributed by atoms with Gasteiger partial charge in [0.05, 0.1) is 12.0 Å². The average Bonchev–Trinajstić information content (AvgIpc) is 3.28. The van der Waals surface area contributed by atoms with Crippen LogP contribution in [0.25, 0.3) is 11.4 Å². The smallest absolute Gasteiger partial charge is 0.250 e. The number of aryl methyl sites for hydroxylation is 2. The number of hydrogen-bond acceptors (Lipinski definition) is 5. The van der Waals surface area contributed by atoms with Crippen LogP contribution in [0.15, 0.2) is 58.8 Å². The van der Waals surface area contributed by atoms with Crippen LogP contribution in [0.1, 0.15) is 61.8 Å². The van der Waals surface area contributed by atoms with E-state index in [1.54, 1.807) is 6.21 Å². The van der Waals surface area contributed by atoms with Crippen LogP contribution < -0.4 is 5.43 Å². The van der Waals surface area contributed by atoms with E-state index in [1.807, 2.05) is 12.1 Å². The van der Waals surface area contributed by atoms with E-state index in [9.17, 15) is 4.79 Å². The number of thioether (sulfide) groups is 1. The van der Waals surface area contributed by atoms with Crippen molar-refractivity contribution in [1.29, 1.82) is 0 Å². The lowest BCUT2D eigenvalue weighted by molar-refractivity contribution is -0.118. The molecule has 6 nitrogen and oxygen atoms in total. The molecule has 0 unspecified atom stereocenters. The first-order chi connectivity index (χ1) is 16.1. The summed E-state index contributed by atoms with van der Waals surface area (Å²) in [7, 11) is 0. The molecule has 0 aliphatic heterocycles. The van der Waals surface area contributed by atoms with E-state index in [-0.39, 0.29) is 11.7 Å². The molecule has 172 valence electrons. The number of carbonyl (C=O) groups is 1. The molecule has 0 saturated heterocycles. The molecule has 2 aromatic carbocycles. The minimum absolute atomic E-state index is 0.156. The van der Waals surface area contributed by atoms with Crippen molar-refractivity contribution < 1.29 is 4.79 Å². The molecule has 33 heavy (non-hydrogen) atoms. The number of hydrazone groups is 1. The molecule has 0 bridgehead atoms. The number of rotatable bonds is 8. The van der Waals surface area contributed by atoms with Crippen LogP contribution in [0.2, 0.25) is 0 Å². The highest BCUT2D eigenvalue weighted by Crippen LogP contribution is 2.35. The standard InChI is InChI=1S/C26H31N5OS/c1-3-20-11-13-21(14-12-20)17-27-28-24(32)18-33-26-30-29-25(22-15-9-19(2)10-16-22)31(26)23-7-5-4-6-8-23/h9-17,23H,3-8,18H2,1-2H3,(H,28,32)/b27-17+. The van der Waals surface area contributed by atoms with Crippen LogP contribution in [-0.2, 0) is 11.2 Å². The Hall–Kier alpha value is -2.93. The van der Waals surface area contributed by atoms with Gasteiger partial charge >= 0.3 is 0 Å². The molecule has 0 radical (unpaired) electrons. The fraction of sp³-hybridized carbons (Fsp3) is 0.385. The third kappa shape index (κ3) is 6.11. The normalized spacial score (nSPS) is 14.6. The minimum Gasteiger partial charge on any atom is -0.299 e.